The van der Waals surface area contributed by atoms with Crippen LogP contribution in [0.3, 0.4) is 0 Å². The van der Waals surface area contributed by atoms with Gasteiger partial charge >= 0.3 is 0 Å². The van der Waals surface area contributed by atoms with Crippen LogP contribution in [0.15, 0.2) is 18.2 Å². The van der Waals surface area contributed by atoms with E-state index >= 15 is 0 Å². The van der Waals surface area contributed by atoms with Gasteiger partial charge in [0.05, 0.1) is 0 Å². The molecule has 18 heavy (non-hydrogen) atoms. The predicted molar refractivity (Wildman–Crippen MR) is 73.4 cm³/mol. The number of rotatable bonds is 4. The van der Waals surface area contributed by atoms with Crippen molar-refractivity contribution >= 4 is 11.6 Å². The zero-order valence-corrected chi connectivity index (χ0v) is 11.5. The van der Waals surface area contributed by atoms with Crippen molar-refractivity contribution in [2.75, 3.05) is 19.6 Å². The fraction of sp³-hybridized carbons (Fsp3) is 0.571. The summed E-state index contributed by atoms with van der Waals surface area (Å²) in [5, 5.41) is 3.90. The minimum atomic E-state index is -0.270. The van der Waals surface area contributed by atoms with Gasteiger partial charge in [-0.1, -0.05) is 24.6 Å². The molecule has 1 aromatic carbocycles. The smallest absolute Gasteiger partial charge is 0.124 e. The van der Waals surface area contributed by atoms with E-state index in [4.69, 9.17) is 11.6 Å². The highest BCUT2D eigenvalue weighted by Gasteiger charge is 2.20. The number of hydrogen-bond donors (Lipinski definition) is 1. The first-order chi connectivity index (χ1) is 8.70. The third-order valence-corrected chi connectivity index (χ3v) is 3.97. The molecule has 2 nitrogen and oxygen atoms in total. The second-order valence-electron chi connectivity index (χ2n) is 4.78. The van der Waals surface area contributed by atoms with Crippen molar-refractivity contribution in [1.29, 1.82) is 0 Å². The molecule has 0 aromatic heterocycles. The van der Waals surface area contributed by atoms with Crippen LogP contribution in [-0.4, -0.2) is 30.6 Å². The fourth-order valence-electron chi connectivity index (χ4n) is 2.54. The molecule has 0 aliphatic carbocycles. The molecule has 2 rings (SSSR count). The third-order valence-electron chi connectivity index (χ3n) is 3.62. The SMILES string of the molecule is CCN(Cc1ccc(F)cc1Cl)C1CCNCC1. The van der Waals surface area contributed by atoms with Crippen LogP contribution < -0.4 is 5.32 Å². The number of nitrogens with zero attached hydrogens (tertiary/aromatic N) is 1. The normalized spacial score (nSPS) is 17.3. The zero-order chi connectivity index (χ0) is 13.0. The Morgan fingerprint density at radius 3 is 2.72 bits per heavy atom. The standard InChI is InChI=1S/C14H20ClFN2/c1-2-18(13-5-7-17-8-6-13)10-11-3-4-12(16)9-14(11)15/h3-4,9,13,17H,2,5-8,10H2,1H3. The van der Waals surface area contributed by atoms with Crippen molar-refractivity contribution in [2.24, 2.45) is 0 Å². The number of benzene rings is 1. The first-order valence-electron chi connectivity index (χ1n) is 6.59. The van der Waals surface area contributed by atoms with Crippen LogP contribution in [0.5, 0.6) is 0 Å². The summed E-state index contributed by atoms with van der Waals surface area (Å²) in [5.41, 5.74) is 1.01. The highest BCUT2D eigenvalue weighted by atomic mass is 35.5. The van der Waals surface area contributed by atoms with Gasteiger partial charge in [-0.2, -0.15) is 0 Å². The highest BCUT2D eigenvalue weighted by Crippen LogP contribution is 2.21. The number of hydrogen-bond acceptors (Lipinski definition) is 2. The molecule has 1 aromatic rings. The molecule has 0 spiro atoms. The lowest BCUT2D eigenvalue weighted by Crippen LogP contribution is -2.42. The molecule has 0 radical (unpaired) electrons. The van der Waals surface area contributed by atoms with E-state index in [0.29, 0.717) is 11.1 Å². The van der Waals surface area contributed by atoms with Gasteiger partial charge in [0.15, 0.2) is 0 Å². The van der Waals surface area contributed by atoms with Crippen LogP contribution in [0.25, 0.3) is 0 Å². The molecular formula is C14H20ClFN2. The second-order valence-corrected chi connectivity index (χ2v) is 5.19. The molecule has 0 atom stereocenters. The van der Waals surface area contributed by atoms with Crippen molar-refractivity contribution in [3.05, 3.63) is 34.6 Å². The molecular weight excluding hydrogens is 251 g/mol. The summed E-state index contributed by atoms with van der Waals surface area (Å²) in [7, 11) is 0. The second kappa shape index (κ2) is 6.50. The van der Waals surface area contributed by atoms with Gasteiger partial charge in [-0.3, -0.25) is 4.90 Å². The van der Waals surface area contributed by atoms with E-state index in [1.807, 2.05) is 0 Å². The summed E-state index contributed by atoms with van der Waals surface area (Å²) in [4.78, 5) is 2.43. The van der Waals surface area contributed by atoms with E-state index in [1.165, 1.54) is 25.0 Å². The summed E-state index contributed by atoms with van der Waals surface area (Å²) in [6.45, 7) is 6.13. The Hall–Kier alpha value is -0.640. The Labute approximate surface area is 113 Å². The molecule has 1 saturated heterocycles. The molecule has 100 valence electrons. The van der Waals surface area contributed by atoms with E-state index in [2.05, 4.69) is 17.1 Å². The maximum atomic E-state index is 13.0. The summed E-state index contributed by atoms with van der Waals surface area (Å²) in [6.07, 6.45) is 2.35. The molecule has 1 fully saturated rings. The topological polar surface area (TPSA) is 15.3 Å². The minimum absolute atomic E-state index is 0.270. The lowest BCUT2D eigenvalue weighted by atomic mass is 10.0. The zero-order valence-electron chi connectivity index (χ0n) is 10.8. The Morgan fingerprint density at radius 1 is 1.39 bits per heavy atom. The highest BCUT2D eigenvalue weighted by molar-refractivity contribution is 6.31. The van der Waals surface area contributed by atoms with E-state index in [0.717, 1.165) is 31.7 Å². The van der Waals surface area contributed by atoms with Crippen LogP contribution in [-0.2, 0) is 6.54 Å². The van der Waals surface area contributed by atoms with E-state index in [9.17, 15) is 4.39 Å². The van der Waals surface area contributed by atoms with Crippen molar-refractivity contribution in [1.82, 2.24) is 10.2 Å². The summed E-state index contributed by atoms with van der Waals surface area (Å²) in [5.74, 6) is -0.270. The molecule has 0 amide bonds. The summed E-state index contributed by atoms with van der Waals surface area (Å²) in [6, 6.07) is 5.28. The fourth-order valence-corrected chi connectivity index (χ4v) is 2.77. The van der Waals surface area contributed by atoms with Gasteiger partial charge in [0.25, 0.3) is 0 Å². The molecule has 1 aliphatic heterocycles. The van der Waals surface area contributed by atoms with Gasteiger partial charge in [0.2, 0.25) is 0 Å². The van der Waals surface area contributed by atoms with Gasteiger partial charge in [0.1, 0.15) is 5.82 Å². The Balaban J connectivity index is 2.04. The molecule has 0 unspecified atom stereocenters. The lowest BCUT2D eigenvalue weighted by Gasteiger charge is -2.34. The van der Waals surface area contributed by atoms with Gasteiger partial charge in [-0.25, -0.2) is 4.39 Å². The molecule has 1 N–H and O–H groups in total. The number of piperidine rings is 1. The largest absolute Gasteiger partial charge is 0.317 e. The van der Waals surface area contributed by atoms with Crippen molar-refractivity contribution in [2.45, 2.75) is 32.4 Å². The quantitative estimate of drug-likeness (QED) is 0.905. The predicted octanol–water partition coefficient (Wildman–Crippen LogP) is 3.05. The maximum absolute atomic E-state index is 13.0. The van der Waals surface area contributed by atoms with Crippen LogP contribution >= 0.6 is 11.6 Å². The van der Waals surface area contributed by atoms with Gasteiger partial charge in [-0.05, 0) is 50.2 Å². The molecule has 4 heteroatoms. The number of halogens is 2. The van der Waals surface area contributed by atoms with Crippen molar-refractivity contribution in [3.8, 4) is 0 Å². The number of nitrogens with one attached hydrogen (secondary N) is 1. The van der Waals surface area contributed by atoms with Gasteiger partial charge < -0.3 is 5.32 Å². The van der Waals surface area contributed by atoms with Crippen molar-refractivity contribution in [3.63, 3.8) is 0 Å². The van der Waals surface area contributed by atoms with Gasteiger partial charge in [-0.15, -0.1) is 0 Å². The molecule has 1 aliphatic rings. The first-order valence-corrected chi connectivity index (χ1v) is 6.97. The van der Waals surface area contributed by atoms with E-state index < -0.39 is 0 Å². The lowest BCUT2D eigenvalue weighted by molar-refractivity contribution is 0.162. The minimum Gasteiger partial charge on any atom is -0.317 e. The third kappa shape index (κ3) is 3.44. The average Bonchev–Trinajstić information content (AvgIpc) is 2.39. The summed E-state index contributed by atoms with van der Waals surface area (Å²) < 4.78 is 13.0. The average molecular weight is 271 g/mol. The summed E-state index contributed by atoms with van der Waals surface area (Å²) >= 11 is 6.09. The van der Waals surface area contributed by atoms with Crippen molar-refractivity contribution < 1.29 is 4.39 Å². The Morgan fingerprint density at radius 2 is 2.11 bits per heavy atom. The Kier molecular flexibility index (Phi) is 4.98. The van der Waals surface area contributed by atoms with E-state index in [1.54, 1.807) is 6.07 Å². The first kappa shape index (κ1) is 13.8. The monoisotopic (exact) mass is 270 g/mol. The van der Waals surface area contributed by atoms with E-state index in [-0.39, 0.29) is 5.82 Å². The van der Waals surface area contributed by atoms with Crippen LogP contribution in [0.4, 0.5) is 4.39 Å². The van der Waals surface area contributed by atoms with Crippen LogP contribution in [0, 0.1) is 5.82 Å². The van der Waals surface area contributed by atoms with Gasteiger partial charge in [0, 0.05) is 17.6 Å². The molecule has 0 bridgehead atoms. The molecule has 1 heterocycles. The van der Waals surface area contributed by atoms with Crippen LogP contribution in [0.1, 0.15) is 25.3 Å². The Bertz CT molecular complexity index is 391. The van der Waals surface area contributed by atoms with Crippen LogP contribution in [0.2, 0.25) is 5.02 Å². The molecule has 0 saturated carbocycles. The maximum Gasteiger partial charge on any atom is 0.124 e.